The second-order valence-electron chi connectivity index (χ2n) is 3.05. The molecule has 0 N–H and O–H groups in total. The molecule has 2 nitrogen and oxygen atoms in total. The van der Waals surface area contributed by atoms with E-state index in [1.165, 1.54) is 0 Å². The van der Waals surface area contributed by atoms with E-state index in [1.54, 1.807) is 6.07 Å². The number of hydrogen-bond donors (Lipinski definition) is 0. The monoisotopic (exact) mass is 178 g/mol. The lowest BCUT2D eigenvalue weighted by molar-refractivity contribution is 0.365. The van der Waals surface area contributed by atoms with Gasteiger partial charge in [0, 0.05) is 6.42 Å². The molecule has 0 atom stereocenters. The lowest BCUT2D eigenvalue weighted by atomic mass is 10.3. The van der Waals surface area contributed by atoms with Gasteiger partial charge in [0.25, 0.3) is 0 Å². The maximum atomic E-state index is 13.5. The van der Waals surface area contributed by atoms with Crippen LogP contribution in [0.4, 0.5) is 4.48 Å². The first-order valence-electron chi connectivity index (χ1n) is 4.45. The molecule has 0 fully saturated rings. The Labute approximate surface area is 75.9 Å². The highest BCUT2D eigenvalue weighted by molar-refractivity contribution is 5.75. The van der Waals surface area contributed by atoms with E-state index in [0.717, 1.165) is 11.9 Å². The summed E-state index contributed by atoms with van der Waals surface area (Å²) in [5.41, 5.74) is 1.29. The third-order valence-corrected chi connectivity index (χ3v) is 2.04. The maximum Gasteiger partial charge on any atom is 0.140 e. The molecule has 0 bridgehead atoms. The molecule has 1 aromatic heterocycles. The van der Waals surface area contributed by atoms with Gasteiger partial charge in [0.1, 0.15) is 11.3 Å². The van der Waals surface area contributed by atoms with Crippen LogP contribution in [0.25, 0.3) is 11.0 Å². The van der Waals surface area contributed by atoms with Gasteiger partial charge in [-0.1, -0.05) is 23.5 Å². The number of nitrogens with zero attached hydrogens (tertiary/aromatic N) is 2. The summed E-state index contributed by atoms with van der Waals surface area (Å²) in [5, 5.41) is 0. The van der Waals surface area contributed by atoms with Gasteiger partial charge in [-0.15, -0.1) is 0 Å². The fourth-order valence-electron chi connectivity index (χ4n) is 1.42. The summed E-state index contributed by atoms with van der Waals surface area (Å²) in [7, 11) is 0. The van der Waals surface area contributed by atoms with E-state index in [0.29, 0.717) is 22.6 Å². The van der Waals surface area contributed by atoms with Crippen molar-refractivity contribution in [1.29, 1.82) is 0 Å². The molecular formula is C10H11FN2. The van der Waals surface area contributed by atoms with Gasteiger partial charge in [0.2, 0.25) is 0 Å². The normalized spacial score (nSPS) is 10.9. The number of rotatable bonds is 2. The fraction of sp³-hybridized carbons (Fsp3) is 0.300. The minimum Gasteiger partial charge on any atom is -0.230 e. The molecule has 0 aliphatic carbocycles. The molecule has 1 heterocycles. The summed E-state index contributed by atoms with van der Waals surface area (Å²) in [6.07, 6.45) is 1.60. The first-order chi connectivity index (χ1) is 6.33. The highest BCUT2D eigenvalue weighted by atomic mass is 19.2. The third kappa shape index (κ3) is 1.30. The molecule has 0 aliphatic rings. The van der Waals surface area contributed by atoms with Gasteiger partial charge < -0.3 is 0 Å². The zero-order valence-electron chi connectivity index (χ0n) is 7.50. The van der Waals surface area contributed by atoms with Crippen molar-refractivity contribution in [2.45, 2.75) is 19.8 Å². The Kier molecular flexibility index (Phi) is 2.00. The Morgan fingerprint density at radius 2 is 2.15 bits per heavy atom. The van der Waals surface area contributed by atoms with Crippen LogP contribution >= 0.6 is 0 Å². The van der Waals surface area contributed by atoms with E-state index < -0.39 is 0 Å². The van der Waals surface area contributed by atoms with Crippen LogP contribution in [0.15, 0.2) is 24.3 Å². The molecule has 3 heteroatoms. The minimum absolute atomic E-state index is 0.517. The SMILES string of the molecule is CCCc1nc2ccccc2n1F. The molecule has 0 unspecified atom stereocenters. The molecule has 0 spiro atoms. The topological polar surface area (TPSA) is 17.8 Å². The molecular weight excluding hydrogens is 167 g/mol. The van der Waals surface area contributed by atoms with Crippen molar-refractivity contribution in [2.75, 3.05) is 0 Å². The molecule has 2 aromatic rings. The molecule has 68 valence electrons. The first kappa shape index (κ1) is 8.23. The Bertz CT molecular complexity index is 420. The fourth-order valence-corrected chi connectivity index (χ4v) is 1.42. The van der Waals surface area contributed by atoms with E-state index in [4.69, 9.17) is 0 Å². The van der Waals surface area contributed by atoms with Gasteiger partial charge in [-0.3, -0.25) is 0 Å². The molecule has 0 saturated carbocycles. The highest BCUT2D eigenvalue weighted by Crippen LogP contribution is 2.16. The zero-order valence-corrected chi connectivity index (χ0v) is 7.50. The summed E-state index contributed by atoms with van der Waals surface area (Å²) in [6, 6.07) is 7.24. The summed E-state index contributed by atoms with van der Waals surface area (Å²) in [4.78, 5) is 4.87. The van der Waals surface area contributed by atoms with Crippen LogP contribution in [0.3, 0.4) is 0 Å². The van der Waals surface area contributed by atoms with Gasteiger partial charge in [0.15, 0.2) is 0 Å². The molecule has 1 aromatic carbocycles. The van der Waals surface area contributed by atoms with Crippen molar-refractivity contribution in [3.05, 3.63) is 30.1 Å². The Hall–Kier alpha value is -1.38. The zero-order chi connectivity index (χ0) is 9.26. The van der Waals surface area contributed by atoms with Crippen LogP contribution in [-0.2, 0) is 6.42 Å². The molecule has 2 rings (SSSR count). The Morgan fingerprint density at radius 3 is 2.85 bits per heavy atom. The second-order valence-corrected chi connectivity index (χ2v) is 3.05. The predicted molar refractivity (Wildman–Crippen MR) is 50.2 cm³/mol. The van der Waals surface area contributed by atoms with E-state index in [1.807, 2.05) is 25.1 Å². The summed E-state index contributed by atoms with van der Waals surface area (Å²) < 4.78 is 13.5. The minimum atomic E-state index is 0.517. The van der Waals surface area contributed by atoms with Crippen LogP contribution in [0, 0.1) is 0 Å². The highest BCUT2D eigenvalue weighted by Gasteiger charge is 2.07. The summed E-state index contributed by atoms with van der Waals surface area (Å²) >= 11 is 0. The second kappa shape index (κ2) is 3.17. The van der Waals surface area contributed by atoms with Crippen molar-refractivity contribution in [3.8, 4) is 0 Å². The third-order valence-electron chi connectivity index (χ3n) is 2.04. The molecule has 13 heavy (non-hydrogen) atoms. The van der Waals surface area contributed by atoms with Gasteiger partial charge in [-0.05, 0) is 18.6 Å². The number of aromatic nitrogens is 2. The number of imidazole rings is 1. The number of fused-ring (bicyclic) bond motifs is 1. The van der Waals surface area contributed by atoms with Gasteiger partial charge in [0.05, 0.1) is 5.52 Å². The van der Waals surface area contributed by atoms with E-state index >= 15 is 0 Å². The number of benzene rings is 1. The Balaban J connectivity index is 2.60. The largest absolute Gasteiger partial charge is 0.230 e. The average molecular weight is 178 g/mol. The lowest BCUT2D eigenvalue weighted by Crippen LogP contribution is -1.92. The van der Waals surface area contributed by atoms with Crippen molar-refractivity contribution >= 4 is 11.0 Å². The van der Waals surface area contributed by atoms with Gasteiger partial charge in [-0.25, -0.2) is 4.98 Å². The van der Waals surface area contributed by atoms with Crippen molar-refractivity contribution in [2.24, 2.45) is 0 Å². The number of aryl methyl sites for hydroxylation is 1. The van der Waals surface area contributed by atoms with Crippen LogP contribution in [0.1, 0.15) is 19.2 Å². The van der Waals surface area contributed by atoms with Crippen LogP contribution in [0.2, 0.25) is 0 Å². The number of para-hydroxylation sites is 2. The molecule has 0 aliphatic heterocycles. The standard InChI is InChI=1S/C10H11FN2/c1-2-5-10-12-8-6-3-4-7-9(8)13(10)11/h3-4,6-7H,2,5H2,1H3. The van der Waals surface area contributed by atoms with Crippen LogP contribution < -0.4 is 0 Å². The average Bonchev–Trinajstić information content (AvgIpc) is 2.46. The Morgan fingerprint density at radius 1 is 1.38 bits per heavy atom. The van der Waals surface area contributed by atoms with Crippen LogP contribution in [-0.4, -0.2) is 9.77 Å². The lowest BCUT2D eigenvalue weighted by Gasteiger charge is -1.93. The van der Waals surface area contributed by atoms with Gasteiger partial charge >= 0.3 is 0 Å². The van der Waals surface area contributed by atoms with Crippen LogP contribution in [0.5, 0.6) is 0 Å². The molecule has 0 radical (unpaired) electrons. The van der Waals surface area contributed by atoms with E-state index in [9.17, 15) is 4.48 Å². The first-order valence-corrected chi connectivity index (χ1v) is 4.45. The smallest absolute Gasteiger partial charge is 0.140 e. The van der Waals surface area contributed by atoms with Crippen molar-refractivity contribution < 1.29 is 4.48 Å². The van der Waals surface area contributed by atoms with Gasteiger partial charge in [-0.2, -0.15) is 4.79 Å². The van der Waals surface area contributed by atoms with E-state index in [2.05, 4.69) is 4.98 Å². The number of halogens is 1. The molecule has 0 saturated heterocycles. The quantitative estimate of drug-likeness (QED) is 0.691. The maximum absolute atomic E-state index is 13.5. The van der Waals surface area contributed by atoms with Crippen molar-refractivity contribution in [1.82, 2.24) is 9.77 Å². The van der Waals surface area contributed by atoms with E-state index in [-0.39, 0.29) is 0 Å². The molecule has 0 amide bonds. The summed E-state index contributed by atoms with van der Waals surface area (Å²) in [6.45, 7) is 2.01. The predicted octanol–water partition coefficient (Wildman–Crippen LogP) is 2.72. The number of hydrogen-bond acceptors (Lipinski definition) is 1. The van der Waals surface area contributed by atoms with Crippen molar-refractivity contribution in [3.63, 3.8) is 0 Å². The summed E-state index contributed by atoms with van der Waals surface area (Å²) in [5.74, 6) is 0.517.